The highest BCUT2D eigenvalue weighted by molar-refractivity contribution is 7.71. The number of carbonyl (C=O) groups is 1. The highest BCUT2D eigenvalue weighted by atomic mass is 32.1. The fourth-order valence-corrected chi connectivity index (χ4v) is 4.85. The number of nitrogens with zero attached hydrogens (tertiary/aromatic N) is 2. The summed E-state index contributed by atoms with van der Waals surface area (Å²) in [5.74, 6) is -1.92. The molecule has 1 saturated heterocycles. The number of H-pyrrole nitrogens is 1. The Hall–Kier alpha value is -2.16. The van der Waals surface area contributed by atoms with Crippen LogP contribution in [0.5, 0.6) is 0 Å². The number of nitrogens with one attached hydrogen (secondary N) is 1. The van der Waals surface area contributed by atoms with Gasteiger partial charge in [0.25, 0.3) is 5.56 Å². The van der Waals surface area contributed by atoms with Gasteiger partial charge in [-0.25, -0.2) is 0 Å². The van der Waals surface area contributed by atoms with Crippen LogP contribution in [0.1, 0.15) is 32.1 Å². The first kappa shape index (κ1) is 20.1. The standard InChI is InChI=1S/C20H22F3N3O2S/c21-20(22,23)16-13-9-11-25(17(13)16)15(27)8-2-1-5-10-26-18(28)12-6-3-4-7-14(12)24-19(26)29/h3-4,6-7,13,16-17H,1-2,5,8-11H2,(H,24,29)/t13-,16+,17+/m0/s1. The average Bonchev–Trinajstić information content (AvgIpc) is 3.25. The Labute approximate surface area is 170 Å². The number of rotatable bonds is 6. The van der Waals surface area contributed by atoms with Crippen molar-refractivity contribution in [3.63, 3.8) is 0 Å². The third kappa shape index (κ3) is 3.84. The van der Waals surface area contributed by atoms with Gasteiger partial charge in [0.2, 0.25) is 5.91 Å². The van der Waals surface area contributed by atoms with Gasteiger partial charge in [-0.1, -0.05) is 18.6 Å². The summed E-state index contributed by atoms with van der Waals surface area (Å²) in [6.07, 6.45) is -1.57. The molecule has 29 heavy (non-hydrogen) atoms. The summed E-state index contributed by atoms with van der Waals surface area (Å²) < 4.78 is 40.6. The second-order valence-corrected chi connectivity index (χ2v) is 8.23. The van der Waals surface area contributed by atoms with E-state index in [-0.39, 0.29) is 17.9 Å². The number of piperidine rings is 1. The van der Waals surface area contributed by atoms with Crippen molar-refractivity contribution < 1.29 is 18.0 Å². The minimum absolute atomic E-state index is 0.143. The number of aromatic nitrogens is 2. The van der Waals surface area contributed by atoms with E-state index < -0.39 is 24.1 Å². The SMILES string of the molecule is O=C(CCCCCn1c(=S)[nH]c2ccccc2c1=O)N1CC[C@@H]2[C@@H]1[C@@H]2C(F)(F)F. The highest BCUT2D eigenvalue weighted by Gasteiger charge is 2.69. The smallest absolute Gasteiger partial charge is 0.339 e. The number of fused-ring (bicyclic) bond motifs is 2. The minimum Gasteiger partial charge on any atom is -0.339 e. The molecule has 1 amide bonds. The molecule has 1 aromatic carbocycles. The summed E-state index contributed by atoms with van der Waals surface area (Å²) in [5, 5.41) is 0.573. The number of aromatic amines is 1. The minimum atomic E-state index is -4.21. The Kier molecular flexibility index (Phi) is 5.27. The summed E-state index contributed by atoms with van der Waals surface area (Å²) in [7, 11) is 0. The zero-order chi connectivity index (χ0) is 20.8. The first-order valence-corrected chi connectivity index (χ1v) is 10.3. The molecule has 1 aliphatic carbocycles. The Balaban J connectivity index is 1.27. The monoisotopic (exact) mass is 425 g/mol. The lowest BCUT2D eigenvalue weighted by molar-refractivity contribution is -0.159. The molecule has 1 aromatic heterocycles. The summed E-state index contributed by atoms with van der Waals surface area (Å²) in [4.78, 5) is 29.4. The van der Waals surface area contributed by atoms with Crippen molar-refractivity contribution in [2.45, 2.75) is 50.9 Å². The number of unbranched alkanes of at least 4 members (excludes halogenated alkanes) is 2. The maximum atomic E-state index is 12.9. The van der Waals surface area contributed by atoms with Gasteiger partial charge < -0.3 is 9.88 Å². The first-order chi connectivity index (χ1) is 13.8. The molecule has 9 heteroatoms. The van der Waals surface area contributed by atoms with Crippen LogP contribution in [-0.4, -0.2) is 39.1 Å². The van der Waals surface area contributed by atoms with E-state index in [9.17, 15) is 22.8 Å². The lowest BCUT2D eigenvalue weighted by atomic mass is 10.1. The predicted molar refractivity (Wildman–Crippen MR) is 105 cm³/mol. The topological polar surface area (TPSA) is 58.1 Å². The van der Waals surface area contributed by atoms with Crippen LogP contribution < -0.4 is 5.56 Å². The molecule has 5 nitrogen and oxygen atoms in total. The third-order valence-electron chi connectivity index (χ3n) is 6.05. The van der Waals surface area contributed by atoms with E-state index in [0.717, 1.165) is 0 Å². The van der Waals surface area contributed by atoms with Gasteiger partial charge in [0.05, 0.1) is 16.8 Å². The van der Waals surface area contributed by atoms with E-state index >= 15 is 0 Å². The molecular weight excluding hydrogens is 403 g/mol. The van der Waals surface area contributed by atoms with Crippen molar-refractivity contribution in [3.05, 3.63) is 39.4 Å². The summed E-state index contributed by atoms with van der Waals surface area (Å²) in [6, 6.07) is 6.53. The average molecular weight is 425 g/mol. The van der Waals surface area contributed by atoms with Gasteiger partial charge in [-0.2, -0.15) is 13.2 Å². The summed E-state index contributed by atoms with van der Waals surface area (Å²) >= 11 is 5.27. The van der Waals surface area contributed by atoms with Gasteiger partial charge in [0.1, 0.15) is 0 Å². The van der Waals surface area contributed by atoms with Crippen molar-refractivity contribution in [2.24, 2.45) is 11.8 Å². The maximum Gasteiger partial charge on any atom is 0.394 e. The molecule has 1 N–H and O–H groups in total. The van der Waals surface area contributed by atoms with Crippen LogP contribution in [0.3, 0.4) is 0 Å². The van der Waals surface area contributed by atoms with E-state index in [4.69, 9.17) is 12.2 Å². The molecule has 156 valence electrons. The van der Waals surface area contributed by atoms with Crippen LogP contribution in [0.15, 0.2) is 29.1 Å². The largest absolute Gasteiger partial charge is 0.394 e. The molecule has 1 aliphatic heterocycles. The van der Waals surface area contributed by atoms with E-state index in [1.165, 1.54) is 9.47 Å². The van der Waals surface area contributed by atoms with Crippen molar-refractivity contribution in [1.29, 1.82) is 0 Å². The quantitative estimate of drug-likeness (QED) is 0.562. The number of para-hydroxylation sites is 1. The molecule has 3 atom stereocenters. The Morgan fingerprint density at radius 1 is 1.21 bits per heavy atom. The number of benzene rings is 1. The molecule has 0 unspecified atom stereocenters. The zero-order valence-electron chi connectivity index (χ0n) is 15.7. The van der Waals surface area contributed by atoms with Crippen molar-refractivity contribution in [1.82, 2.24) is 14.5 Å². The molecular formula is C20H22F3N3O2S. The molecule has 0 radical (unpaired) electrons. The van der Waals surface area contributed by atoms with E-state index in [0.29, 0.717) is 54.4 Å². The van der Waals surface area contributed by atoms with Crippen molar-refractivity contribution in [3.8, 4) is 0 Å². The van der Waals surface area contributed by atoms with Gasteiger partial charge in [0, 0.05) is 25.6 Å². The van der Waals surface area contributed by atoms with Crippen LogP contribution in [0.2, 0.25) is 0 Å². The zero-order valence-corrected chi connectivity index (χ0v) is 16.6. The van der Waals surface area contributed by atoms with Gasteiger partial charge in [-0.15, -0.1) is 0 Å². The van der Waals surface area contributed by atoms with Crippen LogP contribution >= 0.6 is 12.2 Å². The Bertz CT molecular complexity index is 1050. The number of hydrogen-bond donors (Lipinski definition) is 1. The fourth-order valence-electron chi connectivity index (χ4n) is 4.56. The van der Waals surface area contributed by atoms with Gasteiger partial charge >= 0.3 is 6.18 Å². The fraction of sp³-hybridized carbons (Fsp3) is 0.550. The van der Waals surface area contributed by atoms with E-state index in [1.807, 2.05) is 6.07 Å². The van der Waals surface area contributed by atoms with Crippen LogP contribution in [-0.2, 0) is 11.3 Å². The molecule has 2 aromatic rings. The molecule has 2 fully saturated rings. The maximum absolute atomic E-state index is 12.9. The van der Waals surface area contributed by atoms with Crippen LogP contribution in [0.25, 0.3) is 10.9 Å². The highest BCUT2D eigenvalue weighted by Crippen LogP contribution is 2.58. The summed E-state index contributed by atoms with van der Waals surface area (Å²) in [5.41, 5.74) is 0.556. The normalized spacial score (nSPS) is 23.4. The number of halogens is 3. The third-order valence-corrected chi connectivity index (χ3v) is 6.37. The van der Waals surface area contributed by atoms with E-state index in [2.05, 4.69) is 4.98 Å². The number of amides is 1. The number of carbonyl (C=O) groups excluding carboxylic acids is 1. The number of alkyl halides is 3. The lowest BCUT2D eigenvalue weighted by Crippen LogP contribution is -2.34. The van der Waals surface area contributed by atoms with Crippen molar-refractivity contribution >= 4 is 29.0 Å². The molecule has 0 bridgehead atoms. The Morgan fingerprint density at radius 2 is 1.97 bits per heavy atom. The van der Waals surface area contributed by atoms with Crippen molar-refractivity contribution in [2.75, 3.05) is 6.54 Å². The first-order valence-electron chi connectivity index (χ1n) is 9.87. The molecule has 1 saturated carbocycles. The number of hydrogen-bond acceptors (Lipinski definition) is 3. The second kappa shape index (κ2) is 7.59. The molecule has 2 heterocycles. The predicted octanol–water partition coefficient (Wildman–Crippen LogP) is 4.03. The van der Waals surface area contributed by atoms with Gasteiger partial charge in [-0.3, -0.25) is 14.2 Å². The molecule has 0 spiro atoms. The van der Waals surface area contributed by atoms with E-state index in [1.54, 1.807) is 18.2 Å². The molecule has 2 aliphatic rings. The van der Waals surface area contributed by atoms with Crippen LogP contribution in [0, 0.1) is 16.6 Å². The lowest BCUT2D eigenvalue weighted by Gasteiger charge is -2.21. The summed E-state index contributed by atoms with van der Waals surface area (Å²) in [6.45, 7) is 0.875. The van der Waals surface area contributed by atoms with Crippen LogP contribution in [0.4, 0.5) is 13.2 Å². The van der Waals surface area contributed by atoms with Gasteiger partial charge in [0.15, 0.2) is 4.77 Å². The Morgan fingerprint density at radius 3 is 2.69 bits per heavy atom. The molecule has 4 rings (SSSR count). The van der Waals surface area contributed by atoms with Gasteiger partial charge in [-0.05, 0) is 49.5 Å². The second-order valence-electron chi connectivity index (χ2n) is 7.84. The number of likely N-dealkylation sites (tertiary alicyclic amines) is 1.